The van der Waals surface area contributed by atoms with E-state index in [-0.39, 0.29) is 0 Å². The maximum atomic E-state index is 6.40. The number of halogens is 2. The first-order valence-corrected chi connectivity index (χ1v) is 7.60. The van der Waals surface area contributed by atoms with Crippen molar-refractivity contribution in [3.05, 3.63) is 70.2 Å². The zero-order valence-electron chi connectivity index (χ0n) is 11.5. The Morgan fingerprint density at radius 1 is 0.714 bits per heavy atom. The molecule has 0 radical (unpaired) electrons. The quantitative estimate of drug-likeness (QED) is 0.315. The molecule has 0 aliphatic heterocycles. The minimum atomic E-state index is 0.672. The Hall–Kier alpha value is -1.76. The summed E-state index contributed by atoms with van der Waals surface area (Å²) in [5, 5.41) is 8.50. The Morgan fingerprint density at radius 3 is 2.38 bits per heavy atom. The molecule has 0 saturated heterocycles. The van der Waals surface area contributed by atoms with Crippen LogP contribution in [0.5, 0.6) is 0 Å². The van der Waals surface area contributed by atoms with Gasteiger partial charge in [0.2, 0.25) is 0 Å². The second kappa shape index (κ2) is 4.62. The molecule has 102 valence electrons. The molecule has 0 amide bonds. The molecule has 4 rings (SSSR count). The van der Waals surface area contributed by atoms with E-state index in [1.165, 1.54) is 27.1 Å². The standard InChI is InChI=1S/C19H12Cl2/c1-11-8-16-17(9-13(20)10-18(16)21)19-14(11)7-6-12-4-2-3-5-15(12)19/h2-10H,1H3. The lowest BCUT2D eigenvalue weighted by Crippen LogP contribution is -1.86. The minimum Gasteiger partial charge on any atom is -0.0843 e. The molecule has 0 aliphatic rings. The average Bonchev–Trinajstić information content (AvgIpc) is 2.48. The Bertz CT molecular complexity index is 1020. The minimum absolute atomic E-state index is 0.672. The van der Waals surface area contributed by atoms with E-state index in [4.69, 9.17) is 23.2 Å². The predicted octanol–water partition coefficient (Wildman–Crippen LogP) is 6.76. The lowest BCUT2D eigenvalue weighted by atomic mass is 9.93. The summed E-state index contributed by atoms with van der Waals surface area (Å²) in [4.78, 5) is 0. The second-order valence-corrected chi connectivity index (χ2v) is 6.23. The summed E-state index contributed by atoms with van der Waals surface area (Å²) in [6.45, 7) is 2.13. The van der Waals surface area contributed by atoms with E-state index in [2.05, 4.69) is 49.4 Å². The molecule has 0 heterocycles. The molecule has 0 aliphatic carbocycles. The fourth-order valence-corrected chi connectivity index (χ4v) is 3.67. The van der Waals surface area contributed by atoms with Gasteiger partial charge in [0.1, 0.15) is 0 Å². The van der Waals surface area contributed by atoms with Crippen LogP contribution in [0, 0.1) is 6.92 Å². The van der Waals surface area contributed by atoms with E-state index in [1.54, 1.807) is 0 Å². The molecule has 0 nitrogen and oxygen atoms in total. The summed E-state index contributed by atoms with van der Waals surface area (Å²) >= 11 is 12.6. The topological polar surface area (TPSA) is 0 Å². The Balaban J connectivity index is 2.40. The number of fused-ring (bicyclic) bond motifs is 5. The van der Waals surface area contributed by atoms with Crippen LogP contribution in [0.25, 0.3) is 32.3 Å². The summed E-state index contributed by atoms with van der Waals surface area (Å²) in [5.41, 5.74) is 1.23. The van der Waals surface area contributed by atoms with Crippen molar-refractivity contribution in [3.63, 3.8) is 0 Å². The summed E-state index contributed by atoms with van der Waals surface area (Å²) in [6.07, 6.45) is 0. The zero-order valence-corrected chi connectivity index (χ0v) is 13.0. The van der Waals surface area contributed by atoms with Gasteiger partial charge in [-0.2, -0.15) is 0 Å². The molecule has 0 bridgehead atoms. The Labute approximate surface area is 132 Å². The summed E-state index contributed by atoms with van der Waals surface area (Å²) < 4.78 is 0. The molecule has 0 atom stereocenters. The van der Waals surface area contributed by atoms with E-state index in [9.17, 15) is 0 Å². The van der Waals surface area contributed by atoms with Gasteiger partial charge in [0.15, 0.2) is 0 Å². The number of rotatable bonds is 0. The number of benzene rings is 4. The van der Waals surface area contributed by atoms with Crippen molar-refractivity contribution in [1.82, 2.24) is 0 Å². The van der Waals surface area contributed by atoms with Crippen molar-refractivity contribution in [3.8, 4) is 0 Å². The van der Waals surface area contributed by atoms with Crippen LogP contribution in [-0.4, -0.2) is 0 Å². The fourth-order valence-electron chi connectivity index (χ4n) is 3.12. The van der Waals surface area contributed by atoms with Crippen LogP contribution in [0.1, 0.15) is 5.56 Å². The van der Waals surface area contributed by atoms with Crippen LogP contribution in [0.4, 0.5) is 0 Å². The van der Waals surface area contributed by atoms with Gasteiger partial charge in [0, 0.05) is 15.4 Å². The molecule has 0 N–H and O–H groups in total. The highest BCUT2D eigenvalue weighted by atomic mass is 35.5. The highest BCUT2D eigenvalue weighted by Gasteiger charge is 2.10. The number of aryl methyl sites for hydroxylation is 1. The molecule has 2 heteroatoms. The zero-order chi connectivity index (χ0) is 14.6. The SMILES string of the molecule is Cc1cc2c(Cl)cc(Cl)cc2c2c1ccc1ccccc12. The van der Waals surface area contributed by atoms with Gasteiger partial charge in [-0.3, -0.25) is 0 Å². The van der Waals surface area contributed by atoms with E-state index in [0.717, 1.165) is 10.8 Å². The normalized spacial score (nSPS) is 11.6. The van der Waals surface area contributed by atoms with Crippen molar-refractivity contribution in [2.75, 3.05) is 0 Å². The fraction of sp³-hybridized carbons (Fsp3) is 0.0526. The molecule has 0 saturated carbocycles. The highest BCUT2D eigenvalue weighted by Crippen LogP contribution is 2.38. The van der Waals surface area contributed by atoms with Crippen LogP contribution in [-0.2, 0) is 0 Å². The second-order valence-electron chi connectivity index (χ2n) is 5.39. The first kappa shape index (κ1) is 12.9. The molecule has 21 heavy (non-hydrogen) atoms. The maximum Gasteiger partial charge on any atom is 0.0499 e. The molecular formula is C19H12Cl2. The summed E-state index contributed by atoms with van der Waals surface area (Å²) in [6, 6.07) is 18.7. The van der Waals surface area contributed by atoms with Crippen LogP contribution >= 0.6 is 23.2 Å². The molecule has 0 spiro atoms. The van der Waals surface area contributed by atoms with E-state index >= 15 is 0 Å². The molecule has 0 unspecified atom stereocenters. The third kappa shape index (κ3) is 1.91. The lowest BCUT2D eigenvalue weighted by Gasteiger charge is -2.12. The summed E-state index contributed by atoms with van der Waals surface area (Å²) in [5.74, 6) is 0. The van der Waals surface area contributed by atoms with Crippen molar-refractivity contribution < 1.29 is 0 Å². The smallest absolute Gasteiger partial charge is 0.0499 e. The van der Waals surface area contributed by atoms with E-state index in [1.807, 2.05) is 12.1 Å². The van der Waals surface area contributed by atoms with Crippen molar-refractivity contribution in [2.24, 2.45) is 0 Å². The van der Waals surface area contributed by atoms with E-state index in [0.29, 0.717) is 10.0 Å². The molecule has 0 fully saturated rings. The number of hydrogen-bond donors (Lipinski definition) is 0. The molecular weight excluding hydrogens is 299 g/mol. The first-order chi connectivity index (χ1) is 10.1. The van der Waals surface area contributed by atoms with Crippen LogP contribution in [0.2, 0.25) is 10.0 Å². The lowest BCUT2D eigenvalue weighted by molar-refractivity contribution is 1.56. The summed E-state index contributed by atoms with van der Waals surface area (Å²) in [7, 11) is 0. The average molecular weight is 311 g/mol. The van der Waals surface area contributed by atoms with Gasteiger partial charge < -0.3 is 0 Å². The van der Waals surface area contributed by atoms with E-state index < -0.39 is 0 Å². The predicted molar refractivity (Wildman–Crippen MR) is 93.7 cm³/mol. The van der Waals surface area contributed by atoms with Gasteiger partial charge in [0.25, 0.3) is 0 Å². The maximum absolute atomic E-state index is 6.40. The first-order valence-electron chi connectivity index (χ1n) is 6.85. The van der Waals surface area contributed by atoms with Gasteiger partial charge in [-0.25, -0.2) is 0 Å². The van der Waals surface area contributed by atoms with Crippen molar-refractivity contribution >= 4 is 55.5 Å². The van der Waals surface area contributed by atoms with Crippen molar-refractivity contribution in [2.45, 2.75) is 6.92 Å². The monoisotopic (exact) mass is 310 g/mol. The Kier molecular flexibility index (Phi) is 2.85. The van der Waals surface area contributed by atoms with Crippen LogP contribution < -0.4 is 0 Å². The van der Waals surface area contributed by atoms with Crippen molar-refractivity contribution in [1.29, 1.82) is 0 Å². The Morgan fingerprint density at radius 2 is 1.52 bits per heavy atom. The van der Waals surface area contributed by atoms with Gasteiger partial charge in [0.05, 0.1) is 0 Å². The third-order valence-corrected chi connectivity index (χ3v) is 4.61. The number of hydrogen-bond acceptors (Lipinski definition) is 0. The molecule has 0 aromatic heterocycles. The van der Waals surface area contributed by atoms with Gasteiger partial charge in [-0.15, -0.1) is 0 Å². The molecule has 4 aromatic carbocycles. The van der Waals surface area contributed by atoms with Crippen LogP contribution in [0.15, 0.2) is 54.6 Å². The highest BCUT2D eigenvalue weighted by molar-refractivity contribution is 6.40. The van der Waals surface area contributed by atoms with Crippen LogP contribution in [0.3, 0.4) is 0 Å². The largest absolute Gasteiger partial charge is 0.0843 e. The van der Waals surface area contributed by atoms with Gasteiger partial charge in [-0.1, -0.05) is 59.6 Å². The van der Waals surface area contributed by atoms with Gasteiger partial charge in [-0.05, 0) is 57.6 Å². The third-order valence-electron chi connectivity index (χ3n) is 4.08. The molecule has 4 aromatic rings. The van der Waals surface area contributed by atoms with Gasteiger partial charge >= 0.3 is 0 Å².